The normalized spacial score (nSPS) is 14.8. The molecule has 1 aromatic heterocycles. The third kappa shape index (κ3) is 1.10. The summed E-state index contributed by atoms with van der Waals surface area (Å²) in [7, 11) is 0. The summed E-state index contributed by atoms with van der Waals surface area (Å²) >= 11 is 4.74. The number of hydrogen-bond donors (Lipinski definition) is 1. The van der Waals surface area contributed by atoms with Gasteiger partial charge in [0, 0.05) is 9.35 Å². The van der Waals surface area contributed by atoms with Gasteiger partial charge in [0.2, 0.25) is 0 Å². The van der Waals surface area contributed by atoms with Crippen molar-refractivity contribution in [2.75, 3.05) is 0 Å². The molecule has 0 aliphatic heterocycles. The number of carboxylic acid groups (broad SMARTS) is 1. The molecule has 0 radical (unpaired) electrons. The number of fused-ring (bicyclic) bond motifs is 1. The van der Waals surface area contributed by atoms with E-state index in [1.165, 1.54) is 28.2 Å². The molecular formula is C8H7BrO2S. The lowest BCUT2D eigenvalue weighted by atomic mass is 10.2. The first-order chi connectivity index (χ1) is 5.70. The molecule has 0 saturated heterocycles. The zero-order valence-electron chi connectivity index (χ0n) is 6.26. The maximum absolute atomic E-state index is 10.7. The predicted molar refractivity (Wildman–Crippen MR) is 51.0 cm³/mol. The standard InChI is InChI=1S/C8H7BrO2S/c9-6-4-2-1-3-5(4)12-7(6)8(10)11/h1-3H2,(H,10,11). The number of carboxylic acids is 1. The summed E-state index contributed by atoms with van der Waals surface area (Å²) in [5, 5.41) is 8.80. The fraction of sp³-hybridized carbons (Fsp3) is 0.375. The summed E-state index contributed by atoms with van der Waals surface area (Å²) < 4.78 is 0.813. The van der Waals surface area contributed by atoms with E-state index in [4.69, 9.17) is 5.11 Å². The summed E-state index contributed by atoms with van der Waals surface area (Å²) in [6, 6.07) is 0. The van der Waals surface area contributed by atoms with E-state index in [-0.39, 0.29) is 0 Å². The monoisotopic (exact) mass is 246 g/mol. The van der Waals surface area contributed by atoms with Gasteiger partial charge in [-0.05, 0) is 40.8 Å². The molecule has 0 aromatic carbocycles. The molecule has 0 amide bonds. The zero-order valence-corrected chi connectivity index (χ0v) is 8.67. The van der Waals surface area contributed by atoms with E-state index in [2.05, 4.69) is 15.9 Å². The van der Waals surface area contributed by atoms with Crippen LogP contribution in [0.5, 0.6) is 0 Å². The highest BCUT2D eigenvalue weighted by Gasteiger charge is 2.23. The Hall–Kier alpha value is -0.350. The smallest absolute Gasteiger partial charge is 0.347 e. The summed E-state index contributed by atoms with van der Waals surface area (Å²) in [5.41, 5.74) is 1.22. The molecule has 1 aliphatic rings. The van der Waals surface area contributed by atoms with Crippen LogP contribution in [0.2, 0.25) is 0 Å². The quantitative estimate of drug-likeness (QED) is 0.828. The Kier molecular flexibility index (Phi) is 1.96. The first-order valence-corrected chi connectivity index (χ1v) is 5.34. The van der Waals surface area contributed by atoms with Gasteiger partial charge < -0.3 is 5.11 Å². The average Bonchev–Trinajstić information content (AvgIpc) is 2.53. The summed E-state index contributed by atoms with van der Waals surface area (Å²) in [6.07, 6.45) is 3.24. The van der Waals surface area contributed by atoms with Crippen LogP contribution in [-0.2, 0) is 12.8 Å². The predicted octanol–water partition coefficient (Wildman–Crippen LogP) is 2.70. The van der Waals surface area contributed by atoms with Crippen molar-refractivity contribution >= 4 is 33.2 Å². The van der Waals surface area contributed by atoms with Crippen LogP contribution in [0.15, 0.2) is 4.47 Å². The first kappa shape index (κ1) is 8.26. The molecule has 4 heteroatoms. The minimum absolute atomic E-state index is 0.458. The maximum atomic E-state index is 10.7. The second-order valence-corrected chi connectivity index (χ2v) is 4.70. The summed E-state index contributed by atoms with van der Waals surface area (Å²) in [4.78, 5) is 12.4. The SMILES string of the molecule is O=C(O)c1sc2c(c1Br)CCC2. The van der Waals surface area contributed by atoms with Gasteiger partial charge in [0.15, 0.2) is 0 Å². The minimum Gasteiger partial charge on any atom is -0.477 e. The number of carbonyl (C=O) groups is 1. The second kappa shape index (κ2) is 2.85. The van der Waals surface area contributed by atoms with Crippen molar-refractivity contribution in [1.29, 1.82) is 0 Å². The van der Waals surface area contributed by atoms with Crippen LogP contribution < -0.4 is 0 Å². The van der Waals surface area contributed by atoms with E-state index < -0.39 is 5.97 Å². The fourth-order valence-electron chi connectivity index (χ4n) is 1.50. The third-order valence-electron chi connectivity index (χ3n) is 2.05. The Labute approximate surface area is 82.3 Å². The Morgan fingerprint density at radius 3 is 2.83 bits per heavy atom. The molecule has 0 bridgehead atoms. The van der Waals surface area contributed by atoms with E-state index >= 15 is 0 Å². The highest BCUT2D eigenvalue weighted by molar-refractivity contribution is 9.10. The highest BCUT2D eigenvalue weighted by Crippen LogP contribution is 2.38. The Morgan fingerprint density at radius 2 is 2.25 bits per heavy atom. The van der Waals surface area contributed by atoms with Crippen LogP contribution in [0.1, 0.15) is 26.5 Å². The van der Waals surface area contributed by atoms with Crippen molar-refractivity contribution in [2.45, 2.75) is 19.3 Å². The molecule has 2 rings (SSSR count). The van der Waals surface area contributed by atoms with E-state index in [0.29, 0.717) is 4.88 Å². The van der Waals surface area contributed by atoms with Gasteiger partial charge in [-0.15, -0.1) is 11.3 Å². The zero-order chi connectivity index (χ0) is 8.72. The van der Waals surface area contributed by atoms with Gasteiger partial charge in [-0.25, -0.2) is 4.79 Å². The molecule has 64 valence electrons. The van der Waals surface area contributed by atoms with Gasteiger partial charge in [-0.2, -0.15) is 0 Å². The van der Waals surface area contributed by atoms with Gasteiger partial charge in [0.1, 0.15) is 4.88 Å². The molecule has 1 N–H and O–H groups in total. The van der Waals surface area contributed by atoms with Crippen molar-refractivity contribution in [1.82, 2.24) is 0 Å². The van der Waals surface area contributed by atoms with Gasteiger partial charge >= 0.3 is 5.97 Å². The van der Waals surface area contributed by atoms with Crippen molar-refractivity contribution in [2.24, 2.45) is 0 Å². The lowest BCUT2D eigenvalue weighted by Crippen LogP contribution is -1.93. The minimum atomic E-state index is -0.818. The van der Waals surface area contributed by atoms with Crippen molar-refractivity contribution in [3.05, 3.63) is 19.8 Å². The number of rotatable bonds is 1. The van der Waals surface area contributed by atoms with Crippen LogP contribution in [0.3, 0.4) is 0 Å². The van der Waals surface area contributed by atoms with Crippen molar-refractivity contribution < 1.29 is 9.90 Å². The van der Waals surface area contributed by atoms with Crippen LogP contribution in [0.4, 0.5) is 0 Å². The molecule has 0 saturated carbocycles. The van der Waals surface area contributed by atoms with Crippen molar-refractivity contribution in [3.63, 3.8) is 0 Å². The number of halogens is 1. The molecule has 0 fully saturated rings. The van der Waals surface area contributed by atoms with Crippen LogP contribution >= 0.6 is 27.3 Å². The number of hydrogen-bond acceptors (Lipinski definition) is 2. The van der Waals surface area contributed by atoms with Crippen molar-refractivity contribution in [3.8, 4) is 0 Å². The molecule has 1 aliphatic carbocycles. The number of aryl methyl sites for hydroxylation is 1. The molecule has 0 atom stereocenters. The number of thiophene rings is 1. The highest BCUT2D eigenvalue weighted by atomic mass is 79.9. The van der Waals surface area contributed by atoms with Crippen LogP contribution in [0.25, 0.3) is 0 Å². The fourth-order valence-corrected chi connectivity index (χ4v) is 3.60. The van der Waals surface area contributed by atoms with Crippen LogP contribution in [-0.4, -0.2) is 11.1 Å². The lowest BCUT2D eigenvalue weighted by molar-refractivity contribution is 0.0701. The molecule has 0 unspecified atom stereocenters. The molecule has 0 spiro atoms. The summed E-state index contributed by atoms with van der Waals surface area (Å²) in [6.45, 7) is 0. The average molecular weight is 247 g/mol. The largest absolute Gasteiger partial charge is 0.477 e. The topological polar surface area (TPSA) is 37.3 Å². The maximum Gasteiger partial charge on any atom is 0.347 e. The molecule has 1 heterocycles. The molecule has 1 aromatic rings. The Bertz CT molecular complexity index is 343. The van der Waals surface area contributed by atoms with E-state index in [1.54, 1.807) is 0 Å². The first-order valence-electron chi connectivity index (χ1n) is 3.73. The third-order valence-corrected chi connectivity index (χ3v) is 4.47. The van der Waals surface area contributed by atoms with Gasteiger partial charge in [0.05, 0.1) is 0 Å². The van der Waals surface area contributed by atoms with Gasteiger partial charge in [-0.3, -0.25) is 0 Å². The number of aromatic carboxylic acids is 1. The lowest BCUT2D eigenvalue weighted by Gasteiger charge is -1.91. The molecule has 2 nitrogen and oxygen atoms in total. The van der Waals surface area contributed by atoms with E-state index in [0.717, 1.165) is 17.3 Å². The second-order valence-electron chi connectivity index (χ2n) is 2.81. The van der Waals surface area contributed by atoms with Crippen LogP contribution in [0, 0.1) is 0 Å². The van der Waals surface area contributed by atoms with E-state index in [1.807, 2.05) is 0 Å². The Balaban J connectivity index is 2.54. The van der Waals surface area contributed by atoms with Gasteiger partial charge in [0.25, 0.3) is 0 Å². The van der Waals surface area contributed by atoms with E-state index in [9.17, 15) is 4.79 Å². The summed E-state index contributed by atoms with van der Waals surface area (Å²) in [5.74, 6) is -0.818. The van der Waals surface area contributed by atoms with Gasteiger partial charge in [-0.1, -0.05) is 0 Å². The Morgan fingerprint density at radius 1 is 1.50 bits per heavy atom. The molecular weight excluding hydrogens is 240 g/mol. The molecule has 12 heavy (non-hydrogen) atoms.